The van der Waals surface area contributed by atoms with E-state index < -0.39 is 6.10 Å². The van der Waals surface area contributed by atoms with E-state index >= 15 is 0 Å². The molecule has 1 aromatic heterocycles. The Morgan fingerprint density at radius 2 is 2.00 bits per heavy atom. The summed E-state index contributed by atoms with van der Waals surface area (Å²) in [5, 5.41) is 14.9. The van der Waals surface area contributed by atoms with E-state index in [2.05, 4.69) is 5.32 Å². The van der Waals surface area contributed by atoms with Crippen LogP contribution in [0.3, 0.4) is 0 Å². The molecule has 4 nitrogen and oxygen atoms in total. The highest BCUT2D eigenvalue weighted by molar-refractivity contribution is 6.36. The van der Waals surface area contributed by atoms with Gasteiger partial charge >= 0.3 is 0 Å². The maximum Gasteiger partial charge on any atom is 0.252 e. The zero-order valence-corrected chi connectivity index (χ0v) is 14.5. The largest absolute Gasteiger partial charge is 0.386 e. The van der Waals surface area contributed by atoms with Crippen molar-refractivity contribution in [1.29, 1.82) is 0 Å². The molecule has 0 saturated carbocycles. The summed E-state index contributed by atoms with van der Waals surface area (Å²) in [6.07, 6.45) is 1.06. The number of hydrogen-bond donors (Lipinski definition) is 2. The van der Waals surface area contributed by atoms with Crippen molar-refractivity contribution in [2.45, 2.75) is 6.10 Å². The third-order valence-electron chi connectivity index (χ3n) is 3.92. The maximum atomic E-state index is 12.2. The van der Waals surface area contributed by atoms with Crippen LogP contribution in [0.1, 0.15) is 22.0 Å². The van der Waals surface area contributed by atoms with Gasteiger partial charge in [-0.2, -0.15) is 0 Å². The first kappa shape index (κ1) is 16.8. The Kier molecular flexibility index (Phi) is 4.81. The zero-order valence-electron chi connectivity index (χ0n) is 13.0. The topological polar surface area (TPSA) is 54.3 Å². The average molecular weight is 363 g/mol. The van der Waals surface area contributed by atoms with Crippen LogP contribution in [0.4, 0.5) is 0 Å². The molecule has 0 radical (unpaired) electrons. The fourth-order valence-corrected chi connectivity index (χ4v) is 3.20. The molecule has 0 aliphatic heterocycles. The minimum absolute atomic E-state index is 0.0891. The molecule has 0 fully saturated rings. The van der Waals surface area contributed by atoms with Crippen LogP contribution in [-0.2, 0) is 7.05 Å². The predicted octanol–water partition coefficient (Wildman–Crippen LogP) is 3.95. The van der Waals surface area contributed by atoms with Crippen LogP contribution in [0.5, 0.6) is 0 Å². The summed E-state index contributed by atoms with van der Waals surface area (Å²) in [5.41, 5.74) is 2.13. The van der Waals surface area contributed by atoms with Crippen LogP contribution in [0.25, 0.3) is 10.9 Å². The molecule has 0 aliphatic rings. The van der Waals surface area contributed by atoms with E-state index in [0.717, 1.165) is 16.5 Å². The number of carbonyl (C=O) groups excluding carboxylic acids is 1. The van der Waals surface area contributed by atoms with Gasteiger partial charge in [-0.1, -0.05) is 41.4 Å². The Labute approximate surface area is 149 Å². The molecule has 0 aliphatic carbocycles. The van der Waals surface area contributed by atoms with E-state index in [9.17, 15) is 9.90 Å². The van der Waals surface area contributed by atoms with E-state index in [4.69, 9.17) is 23.2 Å². The van der Waals surface area contributed by atoms with Gasteiger partial charge in [0.15, 0.2) is 0 Å². The van der Waals surface area contributed by atoms with Gasteiger partial charge in [-0.05, 0) is 24.3 Å². The lowest BCUT2D eigenvalue weighted by Crippen LogP contribution is -2.28. The van der Waals surface area contributed by atoms with Crippen molar-refractivity contribution >= 4 is 40.0 Å². The number of para-hydroxylation sites is 1. The number of aliphatic hydroxyl groups is 1. The van der Waals surface area contributed by atoms with Gasteiger partial charge < -0.3 is 15.0 Å². The number of carbonyl (C=O) groups is 1. The first-order valence-electron chi connectivity index (χ1n) is 7.42. The molecule has 24 heavy (non-hydrogen) atoms. The molecule has 3 aromatic rings. The number of aromatic nitrogens is 1. The van der Waals surface area contributed by atoms with E-state index in [1.807, 2.05) is 42.1 Å². The van der Waals surface area contributed by atoms with Gasteiger partial charge in [0.2, 0.25) is 0 Å². The summed E-state index contributed by atoms with van der Waals surface area (Å²) in [7, 11) is 1.92. The number of nitrogens with one attached hydrogen (secondary N) is 1. The van der Waals surface area contributed by atoms with E-state index in [1.165, 1.54) is 6.07 Å². The average Bonchev–Trinajstić information content (AvgIpc) is 2.90. The standard InChI is InChI=1S/C18H16Cl2N2O2/c1-22-10-14(12-4-2-3-5-16(12)22)17(23)9-21-18(24)13-7-6-11(19)8-15(13)20/h2-8,10,17,23H,9H2,1H3,(H,21,24)/t17-/m1/s1. The molecule has 0 bridgehead atoms. The lowest BCUT2D eigenvalue weighted by atomic mass is 10.1. The summed E-state index contributed by atoms with van der Waals surface area (Å²) in [6, 6.07) is 12.5. The minimum atomic E-state index is -0.814. The van der Waals surface area contributed by atoms with Crippen molar-refractivity contribution in [3.8, 4) is 0 Å². The SMILES string of the molecule is Cn1cc([C@H](O)CNC(=O)c2ccc(Cl)cc2Cl)c2ccccc21. The second-order valence-corrected chi connectivity index (χ2v) is 6.41. The first-order chi connectivity index (χ1) is 11.5. The third-order valence-corrected chi connectivity index (χ3v) is 4.47. The van der Waals surface area contributed by atoms with Gasteiger partial charge in [0.25, 0.3) is 5.91 Å². The summed E-state index contributed by atoms with van der Waals surface area (Å²) in [4.78, 5) is 12.2. The Balaban J connectivity index is 1.75. The van der Waals surface area contributed by atoms with Gasteiger partial charge in [-0.25, -0.2) is 0 Å². The highest BCUT2D eigenvalue weighted by Gasteiger charge is 2.17. The molecule has 6 heteroatoms. The normalized spacial score (nSPS) is 12.3. The van der Waals surface area contributed by atoms with E-state index in [-0.39, 0.29) is 17.5 Å². The second kappa shape index (κ2) is 6.85. The molecule has 1 atom stereocenters. The van der Waals surface area contributed by atoms with Crippen molar-refractivity contribution < 1.29 is 9.90 Å². The highest BCUT2D eigenvalue weighted by atomic mass is 35.5. The molecule has 0 saturated heterocycles. The molecule has 1 heterocycles. The van der Waals surface area contributed by atoms with Crippen molar-refractivity contribution in [2.24, 2.45) is 7.05 Å². The Morgan fingerprint density at radius 3 is 2.75 bits per heavy atom. The van der Waals surface area contributed by atoms with Crippen LogP contribution >= 0.6 is 23.2 Å². The van der Waals surface area contributed by atoms with Gasteiger partial charge in [0, 0.05) is 41.3 Å². The summed E-state index contributed by atoms with van der Waals surface area (Å²) in [6.45, 7) is 0.0891. The zero-order chi connectivity index (χ0) is 17.3. The van der Waals surface area contributed by atoms with Crippen LogP contribution in [0.15, 0.2) is 48.7 Å². The number of aliphatic hydroxyl groups excluding tert-OH is 1. The Hall–Kier alpha value is -2.01. The smallest absolute Gasteiger partial charge is 0.252 e. The highest BCUT2D eigenvalue weighted by Crippen LogP contribution is 2.26. The number of halogens is 2. The number of hydrogen-bond acceptors (Lipinski definition) is 2. The lowest BCUT2D eigenvalue weighted by Gasteiger charge is -2.12. The molecule has 2 aromatic carbocycles. The number of aryl methyl sites for hydroxylation is 1. The molecular formula is C18H16Cl2N2O2. The number of amides is 1. The summed E-state index contributed by atoms with van der Waals surface area (Å²) in [5.74, 6) is -0.351. The van der Waals surface area contributed by atoms with Crippen molar-refractivity contribution in [2.75, 3.05) is 6.54 Å². The summed E-state index contributed by atoms with van der Waals surface area (Å²) >= 11 is 11.9. The van der Waals surface area contributed by atoms with E-state index in [1.54, 1.807) is 12.1 Å². The van der Waals surface area contributed by atoms with Crippen LogP contribution in [0.2, 0.25) is 10.0 Å². The quantitative estimate of drug-likeness (QED) is 0.738. The summed E-state index contributed by atoms with van der Waals surface area (Å²) < 4.78 is 1.95. The van der Waals surface area contributed by atoms with Crippen molar-refractivity contribution in [3.05, 3.63) is 69.8 Å². The van der Waals surface area contributed by atoms with Gasteiger partial charge in [0.05, 0.1) is 16.7 Å². The predicted molar refractivity (Wildman–Crippen MR) is 96.7 cm³/mol. The van der Waals surface area contributed by atoms with Crippen molar-refractivity contribution in [1.82, 2.24) is 9.88 Å². The lowest BCUT2D eigenvalue weighted by molar-refractivity contribution is 0.0917. The van der Waals surface area contributed by atoms with Gasteiger partial charge in [0.1, 0.15) is 0 Å². The molecule has 3 rings (SSSR count). The van der Waals surface area contributed by atoms with Crippen molar-refractivity contribution in [3.63, 3.8) is 0 Å². The molecule has 124 valence electrons. The minimum Gasteiger partial charge on any atom is -0.386 e. The third kappa shape index (κ3) is 3.26. The maximum absolute atomic E-state index is 12.2. The number of fused-ring (bicyclic) bond motifs is 1. The van der Waals surface area contributed by atoms with Gasteiger partial charge in [-0.3, -0.25) is 4.79 Å². The number of nitrogens with zero attached hydrogens (tertiary/aromatic N) is 1. The molecule has 2 N–H and O–H groups in total. The van der Waals surface area contributed by atoms with Crippen LogP contribution < -0.4 is 5.32 Å². The van der Waals surface area contributed by atoms with Gasteiger partial charge in [-0.15, -0.1) is 0 Å². The molecular weight excluding hydrogens is 347 g/mol. The van der Waals surface area contributed by atoms with Crippen LogP contribution in [-0.4, -0.2) is 22.1 Å². The monoisotopic (exact) mass is 362 g/mol. The molecule has 0 unspecified atom stereocenters. The van der Waals surface area contributed by atoms with E-state index in [0.29, 0.717) is 10.6 Å². The number of benzene rings is 2. The Morgan fingerprint density at radius 1 is 1.25 bits per heavy atom. The number of rotatable bonds is 4. The fourth-order valence-electron chi connectivity index (χ4n) is 2.71. The second-order valence-electron chi connectivity index (χ2n) is 5.56. The molecule has 0 spiro atoms. The Bertz CT molecular complexity index is 905. The molecule has 1 amide bonds. The van der Waals surface area contributed by atoms with Crippen LogP contribution in [0, 0.1) is 0 Å². The fraction of sp³-hybridized carbons (Fsp3) is 0.167. The first-order valence-corrected chi connectivity index (χ1v) is 8.18.